The summed E-state index contributed by atoms with van der Waals surface area (Å²) < 4.78 is 10.4. The monoisotopic (exact) mass is 339 g/mol. The van der Waals surface area contributed by atoms with Crippen LogP contribution < -0.4 is 14.8 Å². The normalized spacial score (nSPS) is 14.5. The van der Waals surface area contributed by atoms with Crippen LogP contribution in [0.4, 0.5) is 0 Å². The van der Waals surface area contributed by atoms with Crippen molar-refractivity contribution in [2.75, 3.05) is 14.2 Å². The summed E-state index contributed by atoms with van der Waals surface area (Å²) in [5, 5.41) is 2.93. The molecule has 0 unspecified atom stereocenters. The zero-order valence-corrected chi connectivity index (χ0v) is 14.6. The van der Waals surface area contributed by atoms with E-state index in [2.05, 4.69) is 5.32 Å². The number of hydrogen-bond donors (Lipinski definition) is 1. The van der Waals surface area contributed by atoms with Crippen molar-refractivity contribution in [3.8, 4) is 11.5 Å². The van der Waals surface area contributed by atoms with Gasteiger partial charge >= 0.3 is 0 Å². The largest absolute Gasteiger partial charge is 0.497 e. The molecular weight excluding hydrogens is 318 g/mol. The van der Waals surface area contributed by atoms with Gasteiger partial charge in [-0.15, -0.1) is 0 Å². The molecule has 25 heavy (non-hydrogen) atoms. The number of nitrogens with one attached hydrogen (secondary N) is 1. The summed E-state index contributed by atoms with van der Waals surface area (Å²) in [6.07, 6.45) is 1.27. The smallest absolute Gasteiger partial charge is 0.252 e. The van der Waals surface area contributed by atoms with Crippen molar-refractivity contribution in [2.24, 2.45) is 0 Å². The van der Waals surface area contributed by atoms with Gasteiger partial charge in [-0.2, -0.15) is 0 Å². The molecule has 5 heteroatoms. The molecule has 1 N–H and O–H groups in total. The second-order valence-electron chi connectivity index (χ2n) is 6.23. The molecule has 0 aliphatic heterocycles. The van der Waals surface area contributed by atoms with E-state index in [-0.39, 0.29) is 11.7 Å². The predicted molar refractivity (Wildman–Crippen MR) is 94.5 cm³/mol. The van der Waals surface area contributed by atoms with E-state index in [0.717, 1.165) is 5.56 Å². The topological polar surface area (TPSA) is 64.6 Å². The van der Waals surface area contributed by atoms with Crippen molar-refractivity contribution in [2.45, 2.75) is 25.3 Å². The van der Waals surface area contributed by atoms with Gasteiger partial charge in [0.25, 0.3) is 5.91 Å². The van der Waals surface area contributed by atoms with Crippen LogP contribution in [-0.2, 0) is 0 Å². The fraction of sp³-hybridized carbons (Fsp3) is 0.300. The molecule has 0 radical (unpaired) electrons. The number of ketones is 1. The quantitative estimate of drug-likeness (QED) is 0.821. The lowest BCUT2D eigenvalue weighted by Crippen LogP contribution is -2.43. The highest BCUT2D eigenvalue weighted by Gasteiger charge is 2.51. The first-order valence-electron chi connectivity index (χ1n) is 8.16. The molecule has 2 aromatic rings. The first-order valence-corrected chi connectivity index (χ1v) is 8.16. The minimum atomic E-state index is -0.820. The molecule has 0 saturated heterocycles. The summed E-state index contributed by atoms with van der Waals surface area (Å²) >= 11 is 0. The van der Waals surface area contributed by atoms with E-state index in [1.54, 1.807) is 56.7 Å². The van der Waals surface area contributed by atoms with E-state index in [9.17, 15) is 9.59 Å². The van der Waals surface area contributed by atoms with Crippen LogP contribution in [0.15, 0.2) is 42.5 Å². The van der Waals surface area contributed by atoms with Gasteiger partial charge in [-0.05, 0) is 44.0 Å². The molecule has 0 bridgehead atoms. The van der Waals surface area contributed by atoms with Gasteiger partial charge in [0.05, 0.1) is 14.2 Å². The fourth-order valence-corrected chi connectivity index (χ4v) is 2.94. The SMILES string of the molecule is COc1cccc(C(=O)C2(NC(=O)c3cccc(OC)c3C)CC2)c1. The van der Waals surface area contributed by atoms with Crippen LogP contribution in [0.25, 0.3) is 0 Å². The summed E-state index contributed by atoms with van der Waals surface area (Å²) in [5.74, 6) is 0.929. The third-order valence-electron chi connectivity index (χ3n) is 4.62. The van der Waals surface area contributed by atoms with E-state index in [4.69, 9.17) is 9.47 Å². The van der Waals surface area contributed by atoms with Gasteiger partial charge in [0.1, 0.15) is 17.0 Å². The highest BCUT2D eigenvalue weighted by Crippen LogP contribution is 2.39. The highest BCUT2D eigenvalue weighted by molar-refractivity contribution is 6.09. The molecule has 130 valence electrons. The maximum atomic E-state index is 12.9. The maximum absolute atomic E-state index is 12.9. The van der Waals surface area contributed by atoms with Crippen molar-refractivity contribution >= 4 is 11.7 Å². The number of rotatable bonds is 6. The Morgan fingerprint density at radius 3 is 2.40 bits per heavy atom. The summed E-state index contributed by atoms with van der Waals surface area (Å²) in [6, 6.07) is 12.3. The Balaban J connectivity index is 1.82. The lowest BCUT2D eigenvalue weighted by molar-refractivity contribution is 0.0842. The Kier molecular flexibility index (Phi) is 4.49. The van der Waals surface area contributed by atoms with Crippen molar-refractivity contribution in [3.63, 3.8) is 0 Å². The molecule has 0 heterocycles. The standard InChI is InChI=1S/C20H21NO4/c1-13-16(8-5-9-17(13)25-3)19(23)21-20(10-11-20)18(22)14-6-4-7-15(12-14)24-2/h4-9,12H,10-11H2,1-3H3,(H,21,23). The molecule has 1 aliphatic carbocycles. The van der Waals surface area contributed by atoms with Gasteiger partial charge in [0.15, 0.2) is 5.78 Å². The average Bonchev–Trinajstić information content (AvgIpc) is 3.41. The number of methoxy groups -OCH3 is 2. The second kappa shape index (κ2) is 6.59. The summed E-state index contributed by atoms with van der Waals surface area (Å²) in [5.41, 5.74) is 0.995. The van der Waals surface area contributed by atoms with E-state index in [1.165, 1.54) is 0 Å². The van der Waals surface area contributed by atoms with Gasteiger partial charge < -0.3 is 14.8 Å². The minimum absolute atomic E-state index is 0.0831. The molecule has 1 saturated carbocycles. The van der Waals surface area contributed by atoms with Crippen LogP contribution in [0.1, 0.15) is 39.1 Å². The number of amides is 1. The molecular formula is C20H21NO4. The van der Waals surface area contributed by atoms with Gasteiger partial charge in [0.2, 0.25) is 0 Å². The predicted octanol–water partition coefficient (Wildman–Crippen LogP) is 3.16. The van der Waals surface area contributed by atoms with Gasteiger partial charge in [-0.3, -0.25) is 9.59 Å². The third kappa shape index (κ3) is 3.22. The minimum Gasteiger partial charge on any atom is -0.497 e. The van der Waals surface area contributed by atoms with E-state index in [1.807, 2.05) is 6.92 Å². The zero-order valence-electron chi connectivity index (χ0n) is 14.6. The number of carbonyl (C=O) groups excluding carboxylic acids is 2. The number of ether oxygens (including phenoxy) is 2. The molecule has 1 fully saturated rings. The highest BCUT2D eigenvalue weighted by atomic mass is 16.5. The fourth-order valence-electron chi connectivity index (χ4n) is 2.94. The Bertz CT molecular complexity index is 824. The van der Waals surface area contributed by atoms with Crippen LogP contribution in [0, 0.1) is 6.92 Å². The Morgan fingerprint density at radius 1 is 1.04 bits per heavy atom. The van der Waals surface area contributed by atoms with Crippen molar-refractivity contribution in [1.82, 2.24) is 5.32 Å². The number of benzene rings is 2. The average molecular weight is 339 g/mol. The molecule has 1 aliphatic rings. The zero-order chi connectivity index (χ0) is 18.0. The van der Waals surface area contributed by atoms with Crippen molar-refractivity contribution in [3.05, 3.63) is 59.2 Å². The van der Waals surface area contributed by atoms with E-state index in [0.29, 0.717) is 35.5 Å². The number of carbonyl (C=O) groups is 2. The number of Topliss-reactive ketones (excluding diaryl/α,β-unsaturated/α-hetero) is 1. The van der Waals surface area contributed by atoms with Gasteiger partial charge in [-0.25, -0.2) is 0 Å². The summed E-state index contributed by atoms with van der Waals surface area (Å²) in [6.45, 7) is 1.83. The first kappa shape index (κ1) is 17.0. The molecule has 5 nitrogen and oxygen atoms in total. The Labute approximate surface area is 147 Å². The Hall–Kier alpha value is -2.82. The molecule has 3 rings (SSSR count). The molecule has 0 aromatic heterocycles. The maximum Gasteiger partial charge on any atom is 0.252 e. The van der Waals surface area contributed by atoms with Crippen LogP contribution >= 0.6 is 0 Å². The van der Waals surface area contributed by atoms with E-state index >= 15 is 0 Å². The van der Waals surface area contributed by atoms with Crippen LogP contribution in [0.2, 0.25) is 0 Å². The van der Waals surface area contributed by atoms with Crippen molar-refractivity contribution < 1.29 is 19.1 Å². The molecule has 0 atom stereocenters. The third-order valence-corrected chi connectivity index (χ3v) is 4.62. The summed E-state index contributed by atoms with van der Waals surface area (Å²) in [4.78, 5) is 25.6. The molecule has 2 aromatic carbocycles. The lowest BCUT2D eigenvalue weighted by Gasteiger charge is -2.18. The second-order valence-corrected chi connectivity index (χ2v) is 6.23. The summed E-state index contributed by atoms with van der Waals surface area (Å²) in [7, 11) is 3.13. The van der Waals surface area contributed by atoms with Crippen LogP contribution in [0.3, 0.4) is 0 Å². The lowest BCUT2D eigenvalue weighted by atomic mass is 10.0. The van der Waals surface area contributed by atoms with Crippen LogP contribution in [-0.4, -0.2) is 31.4 Å². The van der Waals surface area contributed by atoms with Gasteiger partial charge in [0, 0.05) is 16.7 Å². The first-order chi connectivity index (χ1) is 12.0. The Morgan fingerprint density at radius 2 is 1.76 bits per heavy atom. The molecule has 0 spiro atoms. The molecule has 1 amide bonds. The van der Waals surface area contributed by atoms with E-state index < -0.39 is 5.54 Å². The van der Waals surface area contributed by atoms with Crippen molar-refractivity contribution in [1.29, 1.82) is 0 Å². The van der Waals surface area contributed by atoms with Crippen LogP contribution in [0.5, 0.6) is 11.5 Å². The van der Waals surface area contributed by atoms with Gasteiger partial charge in [-0.1, -0.05) is 18.2 Å². The number of hydrogen-bond acceptors (Lipinski definition) is 4.